The second-order valence-electron chi connectivity index (χ2n) is 4.80. The highest BCUT2D eigenvalue weighted by Crippen LogP contribution is 2.34. The monoisotopic (exact) mass is 197 g/mol. The van der Waals surface area contributed by atoms with E-state index in [-0.39, 0.29) is 5.54 Å². The van der Waals surface area contributed by atoms with Crippen LogP contribution in [0, 0.1) is 0 Å². The molecule has 1 aliphatic heterocycles. The second-order valence-corrected chi connectivity index (χ2v) is 4.80. The predicted octanol–water partition coefficient (Wildman–Crippen LogP) is 3.18. The Labute approximate surface area is 90.1 Å². The van der Waals surface area contributed by atoms with E-state index >= 15 is 0 Å². The van der Waals surface area contributed by atoms with Gasteiger partial charge in [-0.2, -0.15) is 0 Å². The number of hydrogen-bond donors (Lipinski definition) is 1. The molecular weight excluding hydrogens is 182 g/mol. The molecule has 0 fully saturated rings. The summed E-state index contributed by atoms with van der Waals surface area (Å²) in [6.07, 6.45) is 0. The van der Waals surface area contributed by atoms with Gasteiger partial charge in [-0.1, -0.05) is 36.4 Å². The first kappa shape index (κ1) is 8.93. The molecular formula is C14H15N. The Kier molecular flexibility index (Phi) is 1.68. The molecule has 0 radical (unpaired) electrons. The van der Waals surface area contributed by atoms with Crippen LogP contribution in [0.1, 0.15) is 25.0 Å². The molecule has 0 unspecified atom stereocenters. The first-order valence-electron chi connectivity index (χ1n) is 5.45. The molecule has 1 nitrogen and oxygen atoms in total. The van der Waals surface area contributed by atoms with Crippen LogP contribution in [0.5, 0.6) is 0 Å². The summed E-state index contributed by atoms with van der Waals surface area (Å²) in [4.78, 5) is 0. The lowest BCUT2D eigenvalue weighted by Gasteiger charge is -2.33. The quantitative estimate of drug-likeness (QED) is 0.684. The van der Waals surface area contributed by atoms with Crippen LogP contribution in [-0.4, -0.2) is 0 Å². The van der Waals surface area contributed by atoms with Gasteiger partial charge in [0.15, 0.2) is 0 Å². The zero-order valence-electron chi connectivity index (χ0n) is 9.17. The van der Waals surface area contributed by atoms with E-state index in [0.29, 0.717) is 0 Å². The van der Waals surface area contributed by atoms with Gasteiger partial charge in [-0.25, -0.2) is 0 Å². The van der Waals surface area contributed by atoms with Gasteiger partial charge in [0, 0.05) is 12.1 Å². The smallest absolute Gasteiger partial charge is 0.0386 e. The third kappa shape index (κ3) is 1.20. The van der Waals surface area contributed by atoms with E-state index in [0.717, 1.165) is 6.54 Å². The van der Waals surface area contributed by atoms with E-state index in [4.69, 9.17) is 0 Å². The normalized spacial score (nSPS) is 18.0. The van der Waals surface area contributed by atoms with Crippen LogP contribution in [0.4, 0.5) is 0 Å². The molecule has 1 heterocycles. The van der Waals surface area contributed by atoms with Crippen LogP contribution in [0.25, 0.3) is 10.8 Å². The van der Waals surface area contributed by atoms with Crippen molar-refractivity contribution in [2.45, 2.75) is 25.9 Å². The summed E-state index contributed by atoms with van der Waals surface area (Å²) in [7, 11) is 0. The summed E-state index contributed by atoms with van der Waals surface area (Å²) in [5.74, 6) is 0. The molecule has 0 amide bonds. The molecule has 0 bridgehead atoms. The van der Waals surface area contributed by atoms with Crippen molar-refractivity contribution in [2.75, 3.05) is 0 Å². The first-order valence-corrected chi connectivity index (χ1v) is 5.45. The van der Waals surface area contributed by atoms with Gasteiger partial charge in [-0.05, 0) is 35.7 Å². The van der Waals surface area contributed by atoms with E-state index in [9.17, 15) is 0 Å². The molecule has 76 valence electrons. The molecule has 1 aliphatic rings. The Hall–Kier alpha value is -1.34. The second kappa shape index (κ2) is 2.83. The van der Waals surface area contributed by atoms with Gasteiger partial charge in [0.1, 0.15) is 0 Å². The molecule has 0 aromatic heterocycles. The van der Waals surface area contributed by atoms with E-state index in [1.165, 1.54) is 21.9 Å². The SMILES string of the molecule is CC1(C)NCc2cccc3cccc1c23. The van der Waals surface area contributed by atoms with E-state index < -0.39 is 0 Å². The number of benzene rings is 2. The first-order chi connectivity index (χ1) is 7.18. The summed E-state index contributed by atoms with van der Waals surface area (Å²) in [6.45, 7) is 5.47. The molecule has 0 saturated carbocycles. The summed E-state index contributed by atoms with van der Waals surface area (Å²) < 4.78 is 0. The maximum Gasteiger partial charge on any atom is 0.0386 e. The maximum absolute atomic E-state index is 3.57. The van der Waals surface area contributed by atoms with E-state index in [2.05, 4.69) is 55.6 Å². The maximum atomic E-state index is 3.57. The molecule has 1 heteroatoms. The number of nitrogens with one attached hydrogen (secondary N) is 1. The average Bonchev–Trinajstić information content (AvgIpc) is 2.24. The Balaban J connectivity index is 2.47. The Morgan fingerprint density at radius 1 is 1.07 bits per heavy atom. The van der Waals surface area contributed by atoms with Crippen molar-refractivity contribution in [3.8, 4) is 0 Å². The van der Waals surface area contributed by atoms with Crippen molar-refractivity contribution in [2.24, 2.45) is 0 Å². The highest BCUT2D eigenvalue weighted by molar-refractivity contribution is 5.90. The van der Waals surface area contributed by atoms with Gasteiger partial charge in [0.05, 0.1) is 0 Å². The van der Waals surface area contributed by atoms with Crippen LogP contribution in [0.3, 0.4) is 0 Å². The van der Waals surface area contributed by atoms with Crippen molar-refractivity contribution in [3.05, 3.63) is 47.5 Å². The molecule has 2 aromatic carbocycles. The summed E-state index contributed by atoms with van der Waals surface area (Å²) in [6, 6.07) is 13.1. The summed E-state index contributed by atoms with van der Waals surface area (Å²) in [5.41, 5.74) is 2.93. The van der Waals surface area contributed by atoms with Crippen LogP contribution in [0.15, 0.2) is 36.4 Å². The van der Waals surface area contributed by atoms with Gasteiger partial charge in [-0.3, -0.25) is 0 Å². The minimum atomic E-state index is 0.0911. The molecule has 2 aromatic rings. The Morgan fingerprint density at radius 3 is 2.60 bits per heavy atom. The average molecular weight is 197 g/mol. The lowest BCUT2D eigenvalue weighted by atomic mass is 9.84. The van der Waals surface area contributed by atoms with Crippen molar-refractivity contribution >= 4 is 10.8 Å². The third-order valence-corrected chi connectivity index (χ3v) is 3.39. The minimum Gasteiger partial charge on any atom is -0.304 e. The van der Waals surface area contributed by atoms with Crippen molar-refractivity contribution in [1.29, 1.82) is 0 Å². The summed E-state index contributed by atoms with van der Waals surface area (Å²) >= 11 is 0. The predicted molar refractivity (Wildman–Crippen MR) is 63.8 cm³/mol. The topological polar surface area (TPSA) is 12.0 Å². The molecule has 15 heavy (non-hydrogen) atoms. The van der Waals surface area contributed by atoms with Gasteiger partial charge in [0.2, 0.25) is 0 Å². The highest BCUT2D eigenvalue weighted by atomic mass is 15.0. The zero-order chi connectivity index (χ0) is 10.5. The van der Waals surface area contributed by atoms with Crippen molar-refractivity contribution in [3.63, 3.8) is 0 Å². The fraction of sp³-hybridized carbons (Fsp3) is 0.286. The molecule has 0 aliphatic carbocycles. The van der Waals surface area contributed by atoms with Gasteiger partial charge in [-0.15, -0.1) is 0 Å². The Bertz CT molecular complexity index is 521. The molecule has 0 atom stereocenters. The fourth-order valence-electron chi connectivity index (χ4n) is 2.50. The Morgan fingerprint density at radius 2 is 1.80 bits per heavy atom. The lowest BCUT2D eigenvalue weighted by Crippen LogP contribution is -2.39. The van der Waals surface area contributed by atoms with Crippen molar-refractivity contribution in [1.82, 2.24) is 5.32 Å². The van der Waals surface area contributed by atoms with Crippen LogP contribution in [0.2, 0.25) is 0 Å². The zero-order valence-corrected chi connectivity index (χ0v) is 9.17. The van der Waals surface area contributed by atoms with E-state index in [1.54, 1.807) is 0 Å². The largest absolute Gasteiger partial charge is 0.304 e. The molecule has 0 spiro atoms. The van der Waals surface area contributed by atoms with Gasteiger partial charge >= 0.3 is 0 Å². The summed E-state index contributed by atoms with van der Waals surface area (Å²) in [5, 5.41) is 6.38. The molecule has 1 N–H and O–H groups in total. The van der Waals surface area contributed by atoms with E-state index in [1.807, 2.05) is 0 Å². The van der Waals surface area contributed by atoms with Crippen molar-refractivity contribution < 1.29 is 0 Å². The minimum absolute atomic E-state index is 0.0911. The van der Waals surface area contributed by atoms with Gasteiger partial charge < -0.3 is 5.32 Å². The van der Waals surface area contributed by atoms with Gasteiger partial charge in [0.25, 0.3) is 0 Å². The highest BCUT2D eigenvalue weighted by Gasteiger charge is 2.26. The lowest BCUT2D eigenvalue weighted by molar-refractivity contribution is 0.396. The molecule has 3 rings (SSSR count). The number of hydrogen-bond acceptors (Lipinski definition) is 1. The van der Waals surface area contributed by atoms with Crippen LogP contribution in [-0.2, 0) is 12.1 Å². The molecule has 0 saturated heterocycles. The third-order valence-electron chi connectivity index (χ3n) is 3.39. The van der Waals surface area contributed by atoms with Crippen LogP contribution < -0.4 is 5.32 Å². The fourth-order valence-corrected chi connectivity index (χ4v) is 2.50. The number of rotatable bonds is 0. The van der Waals surface area contributed by atoms with Crippen LogP contribution >= 0.6 is 0 Å². The standard InChI is InChI=1S/C14H15N/c1-14(2)12-8-4-6-10-5-3-7-11(9-15-14)13(10)12/h3-8,15H,9H2,1-2H3.